The average Bonchev–Trinajstić information content (AvgIpc) is 2.45. The topological polar surface area (TPSA) is 58.6 Å². The maximum atomic E-state index is 11.3. The van der Waals surface area contributed by atoms with Gasteiger partial charge in [-0.2, -0.15) is 0 Å². The smallest absolute Gasteiger partial charge is 0.308 e. The van der Waals surface area contributed by atoms with Gasteiger partial charge >= 0.3 is 5.97 Å². The highest BCUT2D eigenvalue weighted by Gasteiger charge is 2.20. The minimum atomic E-state index is -0.692. The summed E-state index contributed by atoms with van der Waals surface area (Å²) >= 11 is 0. The molecule has 0 amide bonds. The number of rotatable bonds is 6. The Hall–Kier alpha value is -1.39. The van der Waals surface area contributed by atoms with Crippen LogP contribution in [0.1, 0.15) is 43.4 Å². The highest BCUT2D eigenvalue weighted by atomic mass is 16.5. The molecule has 20 heavy (non-hydrogen) atoms. The van der Waals surface area contributed by atoms with Crippen molar-refractivity contribution in [3.8, 4) is 0 Å². The minimum Gasteiger partial charge on any atom is -0.466 e. The number of aliphatic hydroxyl groups is 1. The lowest BCUT2D eigenvalue weighted by Crippen LogP contribution is -2.33. The number of ether oxygens (including phenoxy) is 1. The summed E-state index contributed by atoms with van der Waals surface area (Å²) in [5.41, 5.74) is 2.71. The number of aryl methyl sites for hydroxylation is 1. The van der Waals surface area contributed by atoms with Gasteiger partial charge in [-0.3, -0.25) is 4.79 Å². The third-order valence-corrected chi connectivity index (χ3v) is 3.68. The van der Waals surface area contributed by atoms with Gasteiger partial charge in [0.05, 0.1) is 19.1 Å². The van der Waals surface area contributed by atoms with Crippen LogP contribution in [0.5, 0.6) is 0 Å². The summed E-state index contributed by atoms with van der Waals surface area (Å²) in [5.74, 6) is -0.342. The van der Waals surface area contributed by atoms with Gasteiger partial charge in [-0.1, -0.05) is 24.3 Å². The molecule has 0 heterocycles. The Morgan fingerprint density at radius 2 is 2.30 bits per heavy atom. The first-order valence-electron chi connectivity index (χ1n) is 7.35. The van der Waals surface area contributed by atoms with Gasteiger partial charge in [-0.15, -0.1) is 0 Å². The van der Waals surface area contributed by atoms with Crippen LogP contribution in [0.2, 0.25) is 0 Å². The van der Waals surface area contributed by atoms with Crippen LogP contribution in [0.25, 0.3) is 0 Å². The molecule has 0 radical (unpaired) electrons. The molecule has 2 atom stereocenters. The lowest BCUT2D eigenvalue weighted by atomic mass is 9.87. The normalized spacial score (nSPS) is 19.2. The highest BCUT2D eigenvalue weighted by Crippen LogP contribution is 2.29. The van der Waals surface area contributed by atoms with E-state index in [9.17, 15) is 9.90 Å². The van der Waals surface area contributed by atoms with Crippen molar-refractivity contribution < 1.29 is 14.6 Å². The third kappa shape index (κ3) is 4.05. The maximum absolute atomic E-state index is 11.3. The number of esters is 1. The van der Waals surface area contributed by atoms with Crippen LogP contribution >= 0.6 is 0 Å². The molecule has 0 saturated heterocycles. The summed E-state index contributed by atoms with van der Waals surface area (Å²) in [7, 11) is 0. The van der Waals surface area contributed by atoms with Crippen LogP contribution in [-0.4, -0.2) is 30.3 Å². The fourth-order valence-electron chi connectivity index (χ4n) is 2.73. The van der Waals surface area contributed by atoms with Gasteiger partial charge in [0.1, 0.15) is 0 Å². The molecule has 1 aliphatic rings. The third-order valence-electron chi connectivity index (χ3n) is 3.68. The molecule has 1 aromatic rings. The number of benzene rings is 1. The van der Waals surface area contributed by atoms with Crippen molar-refractivity contribution in [1.82, 2.24) is 5.32 Å². The minimum absolute atomic E-state index is 0.0508. The Labute approximate surface area is 120 Å². The molecule has 0 aromatic heterocycles. The Kier molecular flexibility index (Phi) is 5.56. The zero-order chi connectivity index (χ0) is 14.4. The average molecular weight is 277 g/mol. The quantitative estimate of drug-likeness (QED) is 0.781. The molecule has 2 unspecified atom stereocenters. The molecule has 1 aliphatic carbocycles. The van der Waals surface area contributed by atoms with Crippen molar-refractivity contribution in [2.45, 2.75) is 44.8 Å². The fourth-order valence-corrected chi connectivity index (χ4v) is 2.73. The van der Waals surface area contributed by atoms with Crippen molar-refractivity contribution in [2.24, 2.45) is 0 Å². The second-order valence-corrected chi connectivity index (χ2v) is 5.21. The zero-order valence-electron chi connectivity index (χ0n) is 12.0. The standard InChI is InChI=1S/C16H23NO3/c1-2-20-16(19)10-13(18)11-17-15-9-5-7-12-6-3-4-8-14(12)15/h3-4,6,8,13,15,17-18H,2,5,7,9-11H2,1H3. The number of hydrogen-bond acceptors (Lipinski definition) is 4. The van der Waals surface area contributed by atoms with E-state index in [1.54, 1.807) is 6.92 Å². The second kappa shape index (κ2) is 7.41. The number of carbonyl (C=O) groups is 1. The van der Waals surface area contributed by atoms with Crippen LogP contribution in [0.15, 0.2) is 24.3 Å². The molecule has 1 aromatic carbocycles. The number of aliphatic hydroxyl groups excluding tert-OH is 1. The second-order valence-electron chi connectivity index (χ2n) is 5.21. The van der Waals surface area contributed by atoms with E-state index in [2.05, 4.69) is 23.5 Å². The monoisotopic (exact) mass is 277 g/mol. The first-order valence-corrected chi connectivity index (χ1v) is 7.35. The van der Waals surface area contributed by atoms with Crippen molar-refractivity contribution in [1.29, 1.82) is 0 Å². The largest absolute Gasteiger partial charge is 0.466 e. The summed E-state index contributed by atoms with van der Waals surface area (Å²) < 4.78 is 4.83. The lowest BCUT2D eigenvalue weighted by molar-refractivity contribution is -0.145. The van der Waals surface area contributed by atoms with E-state index in [4.69, 9.17) is 4.74 Å². The van der Waals surface area contributed by atoms with Crippen LogP contribution in [-0.2, 0) is 16.0 Å². The summed E-state index contributed by atoms with van der Waals surface area (Å²) in [5, 5.41) is 13.2. The maximum Gasteiger partial charge on any atom is 0.308 e. The zero-order valence-corrected chi connectivity index (χ0v) is 12.0. The summed E-state index contributed by atoms with van der Waals surface area (Å²) in [6.45, 7) is 2.54. The van der Waals surface area contributed by atoms with Crippen molar-refractivity contribution in [2.75, 3.05) is 13.2 Å². The summed E-state index contributed by atoms with van der Waals surface area (Å²) in [6, 6.07) is 8.70. The molecule has 2 N–H and O–H groups in total. The van der Waals surface area contributed by atoms with E-state index in [1.807, 2.05) is 6.07 Å². The van der Waals surface area contributed by atoms with E-state index in [1.165, 1.54) is 11.1 Å². The Morgan fingerprint density at radius 3 is 3.10 bits per heavy atom. The Bertz CT molecular complexity index is 447. The predicted molar refractivity (Wildman–Crippen MR) is 77.4 cm³/mol. The SMILES string of the molecule is CCOC(=O)CC(O)CNC1CCCc2ccccc21. The van der Waals surface area contributed by atoms with E-state index in [-0.39, 0.29) is 18.4 Å². The predicted octanol–water partition coefficient (Wildman–Crippen LogP) is 1.97. The van der Waals surface area contributed by atoms with Gasteiger partial charge in [0.2, 0.25) is 0 Å². The number of fused-ring (bicyclic) bond motifs is 1. The van der Waals surface area contributed by atoms with E-state index in [0.717, 1.165) is 19.3 Å². The van der Waals surface area contributed by atoms with Gasteiger partial charge in [0.15, 0.2) is 0 Å². The molecule has 0 fully saturated rings. The molecule has 0 spiro atoms. The van der Waals surface area contributed by atoms with E-state index in [0.29, 0.717) is 13.2 Å². The van der Waals surface area contributed by atoms with Crippen LogP contribution in [0, 0.1) is 0 Å². The lowest BCUT2D eigenvalue weighted by Gasteiger charge is -2.27. The van der Waals surface area contributed by atoms with Gasteiger partial charge in [-0.25, -0.2) is 0 Å². The van der Waals surface area contributed by atoms with Crippen molar-refractivity contribution >= 4 is 5.97 Å². The van der Waals surface area contributed by atoms with Gasteiger partial charge in [0, 0.05) is 12.6 Å². The van der Waals surface area contributed by atoms with Crippen molar-refractivity contribution in [3.63, 3.8) is 0 Å². The Balaban J connectivity index is 1.84. The molecule has 0 saturated carbocycles. The van der Waals surface area contributed by atoms with Crippen molar-refractivity contribution in [3.05, 3.63) is 35.4 Å². The summed E-state index contributed by atoms with van der Waals surface area (Å²) in [6.07, 6.45) is 2.71. The first-order chi connectivity index (χ1) is 9.70. The van der Waals surface area contributed by atoms with Gasteiger partial charge < -0.3 is 15.2 Å². The van der Waals surface area contributed by atoms with Crippen LogP contribution in [0.4, 0.5) is 0 Å². The van der Waals surface area contributed by atoms with Crippen LogP contribution in [0.3, 0.4) is 0 Å². The molecular weight excluding hydrogens is 254 g/mol. The molecule has 4 heteroatoms. The van der Waals surface area contributed by atoms with Gasteiger partial charge in [-0.05, 0) is 37.3 Å². The van der Waals surface area contributed by atoms with E-state index >= 15 is 0 Å². The summed E-state index contributed by atoms with van der Waals surface area (Å²) in [4.78, 5) is 11.3. The van der Waals surface area contributed by atoms with Crippen LogP contribution < -0.4 is 5.32 Å². The first kappa shape index (κ1) is 15.0. The highest BCUT2D eigenvalue weighted by molar-refractivity contribution is 5.69. The molecule has 0 bridgehead atoms. The van der Waals surface area contributed by atoms with E-state index < -0.39 is 6.10 Å². The Morgan fingerprint density at radius 1 is 1.50 bits per heavy atom. The molecule has 0 aliphatic heterocycles. The van der Waals surface area contributed by atoms with Gasteiger partial charge in [0.25, 0.3) is 0 Å². The molecular formula is C16H23NO3. The molecule has 2 rings (SSSR count). The number of carbonyl (C=O) groups excluding carboxylic acids is 1. The number of nitrogens with one attached hydrogen (secondary N) is 1. The number of hydrogen-bond donors (Lipinski definition) is 2. The molecule has 4 nitrogen and oxygen atoms in total. The fraction of sp³-hybridized carbons (Fsp3) is 0.562. The molecule has 110 valence electrons.